The Morgan fingerprint density at radius 2 is 1.74 bits per heavy atom. The smallest absolute Gasteiger partial charge is 0.271 e. The van der Waals surface area contributed by atoms with Gasteiger partial charge in [-0.3, -0.25) is 9.59 Å². The highest BCUT2D eigenvalue weighted by molar-refractivity contribution is 5.96. The number of nitrogens with one attached hydrogen (secondary N) is 2. The molecule has 2 amide bonds. The molecule has 0 spiro atoms. The molecule has 43 heavy (non-hydrogen) atoms. The number of carbonyl (C=O) groups excluding carboxylic acids is 2. The van der Waals surface area contributed by atoms with E-state index >= 15 is 4.39 Å². The Morgan fingerprint density at radius 1 is 0.953 bits per heavy atom. The maximum Gasteiger partial charge on any atom is 0.271 e. The summed E-state index contributed by atoms with van der Waals surface area (Å²) in [4.78, 5) is 40.1. The van der Waals surface area contributed by atoms with Crippen molar-refractivity contribution in [2.24, 2.45) is 5.73 Å². The van der Waals surface area contributed by atoms with E-state index in [0.717, 1.165) is 57.4 Å². The number of piperazine rings is 1. The highest BCUT2D eigenvalue weighted by Crippen LogP contribution is 2.40. The summed E-state index contributed by atoms with van der Waals surface area (Å²) in [5.74, 6) is -1.12. The van der Waals surface area contributed by atoms with Gasteiger partial charge in [0.25, 0.3) is 11.8 Å². The van der Waals surface area contributed by atoms with E-state index in [-0.39, 0.29) is 28.9 Å². The van der Waals surface area contributed by atoms with Crippen LogP contribution in [0.3, 0.4) is 0 Å². The fourth-order valence-electron chi connectivity index (χ4n) is 5.78. The number of rotatable bonds is 8. The van der Waals surface area contributed by atoms with Gasteiger partial charge in [0, 0.05) is 51.0 Å². The van der Waals surface area contributed by atoms with Crippen LogP contribution in [0.25, 0.3) is 0 Å². The van der Waals surface area contributed by atoms with Crippen molar-refractivity contribution in [3.63, 3.8) is 0 Å². The summed E-state index contributed by atoms with van der Waals surface area (Å²) < 4.78 is 29.8. The fourth-order valence-corrected chi connectivity index (χ4v) is 5.78. The number of carbonyl (C=O) groups is 2. The first-order chi connectivity index (χ1) is 20.7. The van der Waals surface area contributed by atoms with Crippen molar-refractivity contribution in [2.75, 3.05) is 61.4 Å². The predicted molar refractivity (Wildman–Crippen MR) is 161 cm³/mol. The highest BCUT2D eigenvalue weighted by Gasteiger charge is 2.28. The van der Waals surface area contributed by atoms with Gasteiger partial charge in [0.05, 0.1) is 17.4 Å². The molecule has 6 rings (SSSR count). The van der Waals surface area contributed by atoms with E-state index < -0.39 is 17.6 Å². The third kappa shape index (κ3) is 6.53. The van der Waals surface area contributed by atoms with Gasteiger partial charge in [-0.05, 0) is 74.5 Å². The zero-order chi connectivity index (χ0) is 30.1. The summed E-state index contributed by atoms with van der Waals surface area (Å²) in [6.45, 7) is 4.25. The van der Waals surface area contributed by atoms with Crippen molar-refractivity contribution < 1.29 is 18.4 Å². The quantitative estimate of drug-likeness (QED) is 0.364. The molecule has 3 heterocycles. The second-order valence-electron chi connectivity index (χ2n) is 11.6. The number of halogens is 2. The lowest BCUT2D eigenvalue weighted by molar-refractivity contribution is 0.0927. The first kappa shape index (κ1) is 28.8. The van der Waals surface area contributed by atoms with Gasteiger partial charge < -0.3 is 31.1 Å². The van der Waals surface area contributed by atoms with Gasteiger partial charge in [-0.15, -0.1) is 0 Å². The van der Waals surface area contributed by atoms with Crippen molar-refractivity contribution >= 4 is 34.8 Å². The lowest BCUT2D eigenvalue weighted by atomic mass is 10.0. The van der Waals surface area contributed by atoms with E-state index in [4.69, 9.17) is 5.73 Å². The number of benzene rings is 2. The molecule has 3 fully saturated rings. The number of hydrogen-bond acceptors (Lipinski definition) is 8. The van der Waals surface area contributed by atoms with Gasteiger partial charge in [-0.25, -0.2) is 18.7 Å². The first-order valence-corrected chi connectivity index (χ1v) is 14.8. The predicted octanol–water partition coefficient (Wildman–Crippen LogP) is 3.63. The number of anilines is 4. The SMILES string of the molecule is CN1CCN(c2ccc(Nc3nc(N4CCC[C@@H](NC(=O)c5ccc(C6CC6)cc5F)C4)cnc3C(N)=O)cc2F)CC1. The Kier molecular flexibility index (Phi) is 8.11. The van der Waals surface area contributed by atoms with Crippen molar-refractivity contribution in [3.8, 4) is 0 Å². The van der Waals surface area contributed by atoms with Crippen molar-refractivity contribution in [1.29, 1.82) is 0 Å². The molecule has 12 heteroatoms. The van der Waals surface area contributed by atoms with Crippen LogP contribution in [-0.2, 0) is 0 Å². The number of nitrogens with two attached hydrogens (primary N) is 1. The molecule has 0 bridgehead atoms. The third-order valence-electron chi connectivity index (χ3n) is 8.41. The van der Waals surface area contributed by atoms with Crippen molar-refractivity contribution in [2.45, 2.75) is 37.6 Å². The van der Waals surface area contributed by atoms with Crippen LogP contribution in [0.4, 0.5) is 31.8 Å². The monoisotopic (exact) mass is 590 g/mol. The second kappa shape index (κ2) is 12.1. The van der Waals surface area contributed by atoms with Crippen LogP contribution in [0.5, 0.6) is 0 Å². The van der Waals surface area contributed by atoms with Gasteiger partial charge in [-0.2, -0.15) is 0 Å². The number of amides is 2. The second-order valence-corrected chi connectivity index (χ2v) is 11.6. The highest BCUT2D eigenvalue weighted by atomic mass is 19.1. The maximum absolute atomic E-state index is 15.1. The number of likely N-dealkylation sites (N-methyl/N-ethyl adjacent to an activating group) is 1. The van der Waals surface area contributed by atoms with Crippen LogP contribution in [0, 0.1) is 11.6 Å². The van der Waals surface area contributed by atoms with Gasteiger partial charge in [0.1, 0.15) is 17.5 Å². The summed E-state index contributed by atoms with van der Waals surface area (Å²) >= 11 is 0. The van der Waals surface area contributed by atoms with Crippen molar-refractivity contribution in [1.82, 2.24) is 20.2 Å². The molecule has 1 aliphatic carbocycles. The first-order valence-electron chi connectivity index (χ1n) is 14.8. The number of piperidine rings is 1. The van der Waals surface area contributed by atoms with Gasteiger partial charge in [-0.1, -0.05) is 6.07 Å². The van der Waals surface area contributed by atoms with Crippen molar-refractivity contribution in [3.05, 3.63) is 71.1 Å². The molecule has 3 aliphatic rings. The summed E-state index contributed by atoms with van der Waals surface area (Å²) in [5.41, 5.74) is 7.40. The molecule has 2 aromatic carbocycles. The van der Waals surface area contributed by atoms with Crippen LogP contribution in [0.15, 0.2) is 42.6 Å². The summed E-state index contributed by atoms with van der Waals surface area (Å²) in [6.07, 6.45) is 5.06. The number of hydrogen-bond donors (Lipinski definition) is 3. The van der Waals surface area contributed by atoms with Gasteiger partial charge in [0.15, 0.2) is 11.5 Å². The maximum atomic E-state index is 15.1. The Bertz CT molecular complexity index is 1520. The van der Waals surface area contributed by atoms with Crippen LogP contribution in [0.1, 0.15) is 58.0 Å². The Hall–Kier alpha value is -4.32. The van der Waals surface area contributed by atoms with Crippen LogP contribution >= 0.6 is 0 Å². The molecule has 1 aromatic heterocycles. The molecule has 0 radical (unpaired) electrons. The summed E-state index contributed by atoms with van der Waals surface area (Å²) in [7, 11) is 2.04. The molecule has 226 valence electrons. The standard InChI is InChI=1S/C31H36F2N8O2/c1-39-11-13-40(14-12-39)26-9-7-21(16-25(26)33)36-30-28(29(34)42)35-17-27(38-30)41-10-2-3-22(18-41)37-31(43)23-8-6-20(15-24(23)32)19-4-5-19/h6-9,15-17,19,22H,2-5,10-14,18H2,1H3,(H2,34,42)(H,36,38)(H,37,43)/t22-/m1/s1. The molecule has 2 aliphatic heterocycles. The molecule has 10 nitrogen and oxygen atoms in total. The topological polar surface area (TPSA) is 120 Å². The lowest BCUT2D eigenvalue weighted by Crippen LogP contribution is -2.48. The molecule has 1 atom stereocenters. The number of primary amides is 1. The average molecular weight is 591 g/mol. The van der Waals surface area contributed by atoms with E-state index in [1.807, 2.05) is 22.9 Å². The third-order valence-corrected chi connectivity index (χ3v) is 8.41. The molecule has 1 saturated carbocycles. The average Bonchev–Trinajstić information content (AvgIpc) is 3.84. The van der Waals surface area contributed by atoms with E-state index in [9.17, 15) is 14.0 Å². The summed E-state index contributed by atoms with van der Waals surface area (Å²) in [5, 5.41) is 5.98. The molecule has 0 unspecified atom stereocenters. The van der Waals surface area contributed by atoms with E-state index in [1.54, 1.807) is 18.2 Å². The summed E-state index contributed by atoms with van der Waals surface area (Å²) in [6, 6.07) is 9.44. The molecule has 2 saturated heterocycles. The molecule has 4 N–H and O–H groups in total. The fraction of sp³-hybridized carbons (Fsp3) is 0.419. The Morgan fingerprint density at radius 3 is 2.44 bits per heavy atom. The Labute approximate surface area is 249 Å². The number of nitrogens with zero attached hydrogens (tertiary/aromatic N) is 5. The molecular formula is C31H36F2N8O2. The van der Waals surface area contributed by atoms with Crippen LogP contribution in [-0.4, -0.2) is 79.0 Å². The van der Waals surface area contributed by atoms with Crippen LogP contribution < -0.4 is 26.2 Å². The van der Waals surface area contributed by atoms with Gasteiger partial charge in [0.2, 0.25) is 0 Å². The molecule has 3 aromatic rings. The minimum atomic E-state index is -0.769. The van der Waals surface area contributed by atoms with E-state index in [0.29, 0.717) is 36.2 Å². The largest absolute Gasteiger partial charge is 0.367 e. The zero-order valence-electron chi connectivity index (χ0n) is 24.2. The van der Waals surface area contributed by atoms with Crippen LogP contribution in [0.2, 0.25) is 0 Å². The van der Waals surface area contributed by atoms with E-state index in [1.165, 1.54) is 18.3 Å². The minimum Gasteiger partial charge on any atom is -0.367 e. The van der Waals surface area contributed by atoms with Gasteiger partial charge >= 0.3 is 0 Å². The lowest BCUT2D eigenvalue weighted by Gasteiger charge is -2.34. The minimum absolute atomic E-state index is 0.0319. The Balaban J connectivity index is 1.15. The normalized spacial score (nSPS) is 19.3. The number of aromatic nitrogens is 2. The van der Waals surface area contributed by atoms with E-state index in [2.05, 4.69) is 25.5 Å². The zero-order valence-corrected chi connectivity index (χ0v) is 24.2. The molecular weight excluding hydrogens is 554 g/mol.